The second kappa shape index (κ2) is 6.37. The minimum absolute atomic E-state index is 0.245. The fraction of sp³-hybridized carbons (Fsp3) is 0.500. The van der Waals surface area contributed by atoms with Crippen molar-refractivity contribution in [2.24, 2.45) is 0 Å². The summed E-state index contributed by atoms with van der Waals surface area (Å²) in [5.41, 5.74) is 0.245. The molecule has 2 unspecified atom stereocenters. The Hall–Kier alpha value is -0.390. The lowest BCUT2D eigenvalue weighted by molar-refractivity contribution is 0.0116. The summed E-state index contributed by atoms with van der Waals surface area (Å²) >= 11 is 11.6. The van der Waals surface area contributed by atoms with Gasteiger partial charge in [-0.15, -0.1) is 0 Å². The van der Waals surface area contributed by atoms with Crippen molar-refractivity contribution in [2.75, 3.05) is 13.6 Å². The van der Waals surface area contributed by atoms with Gasteiger partial charge in [0.15, 0.2) is 0 Å². The zero-order chi connectivity index (χ0) is 12.1. The summed E-state index contributed by atoms with van der Waals surface area (Å²) in [7, 11) is 1.77. The van der Waals surface area contributed by atoms with E-state index in [0.717, 1.165) is 0 Å². The van der Waals surface area contributed by atoms with Crippen molar-refractivity contribution in [1.29, 1.82) is 0 Å². The Morgan fingerprint density at radius 1 is 1.44 bits per heavy atom. The molecule has 1 heterocycles. The van der Waals surface area contributed by atoms with E-state index < -0.39 is 12.2 Å². The van der Waals surface area contributed by atoms with Gasteiger partial charge in [-0.1, -0.05) is 23.2 Å². The number of pyridine rings is 1. The number of halogens is 2. The molecular formula is C10H14Cl2N2O2. The summed E-state index contributed by atoms with van der Waals surface area (Å²) in [5.74, 6) is 0. The lowest BCUT2D eigenvalue weighted by atomic mass is 10.1. The van der Waals surface area contributed by atoms with Crippen molar-refractivity contribution >= 4 is 23.2 Å². The third kappa shape index (κ3) is 3.57. The highest BCUT2D eigenvalue weighted by atomic mass is 35.5. The van der Waals surface area contributed by atoms with Gasteiger partial charge in [0, 0.05) is 6.20 Å². The van der Waals surface area contributed by atoms with Crippen molar-refractivity contribution in [3.05, 3.63) is 28.0 Å². The van der Waals surface area contributed by atoms with Crippen molar-refractivity contribution in [3.8, 4) is 0 Å². The number of aliphatic hydroxyl groups is 2. The second-order valence-corrected chi connectivity index (χ2v) is 4.27. The average Bonchev–Trinajstić information content (AvgIpc) is 2.25. The number of aliphatic hydroxyl groups excluding tert-OH is 2. The van der Waals surface area contributed by atoms with Crippen LogP contribution in [0.1, 0.15) is 18.2 Å². The smallest absolute Gasteiger partial charge is 0.123 e. The first kappa shape index (κ1) is 13.7. The SMILES string of the molecule is CNCCC(O)C(O)c1ncc(Cl)cc1Cl. The van der Waals surface area contributed by atoms with Gasteiger partial charge in [-0.25, -0.2) is 0 Å². The fourth-order valence-corrected chi connectivity index (χ4v) is 1.77. The van der Waals surface area contributed by atoms with Gasteiger partial charge < -0.3 is 15.5 Å². The first-order chi connectivity index (χ1) is 7.56. The van der Waals surface area contributed by atoms with E-state index in [-0.39, 0.29) is 10.7 Å². The van der Waals surface area contributed by atoms with Crippen LogP contribution in [0.25, 0.3) is 0 Å². The molecule has 0 radical (unpaired) electrons. The highest BCUT2D eigenvalue weighted by molar-refractivity contribution is 6.34. The van der Waals surface area contributed by atoms with E-state index in [0.29, 0.717) is 18.0 Å². The summed E-state index contributed by atoms with van der Waals surface area (Å²) < 4.78 is 0. The van der Waals surface area contributed by atoms with Gasteiger partial charge in [0.2, 0.25) is 0 Å². The maximum absolute atomic E-state index is 9.82. The normalized spacial score (nSPS) is 14.8. The molecule has 0 aliphatic carbocycles. The van der Waals surface area contributed by atoms with E-state index in [2.05, 4.69) is 10.3 Å². The molecule has 16 heavy (non-hydrogen) atoms. The quantitative estimate of drug-likeness (QED) is 0.752. The van der Waals surface area contributed by atoms with Crippen LogP contribution in [0.4, 0.5) is 0 Å². The predicted molar refractivity (Wildman–Crippen MR) is 63.8 cm³/mol. The molecule has 0 saturated heterocycles. The average molecular weight is 265 g/mol. The van der Waals surface area contributed by atoms with Crippen LogP contribution in [-0.2, 0) is 0 Å². The molecule has 1 aromatic heterocycles. The van der Waals surface area contributed by atoms with E-state index in [1.165, 1.54) is 12.3 Å². The Balaban J connectivity index is 2.75. The Bertz CT molecular complexity index is 350. The maximum atomic E-state index is 9.82. The fourth-order valence-electron chi connectivity index (χ4n) is 1.28. The summed E-state index contributed by atoms with van der Waals surface area (Å²) in [6.07, 6.45) is -0.202. The number of hydrogen-bond donors (Lipinski definition) is 3. The van der Waals surface area contributed by atoms with Crippen LogP contribution < -0.4 is 5.32 Å². The third-order valence-corrected chi connectivity index (χ3v) is 2.68. The molecule has 0 bridgehead atoms. The Labute approximate surface area is 104 Å². The van der Waals surface area contributed by atoms with E-state index in [1.54, 1.807) is 7.05 Å². The van der Waals surface area contributed by atoms with Crippen LogP contribution in [0.2, 0.25) is 10.0 Å². The van der Waals surface area contributed by atoms with Gasteiger partial charge in [-0.05, 0) is 26.1 Å². The highest BCUT2D eigenvalue weighted by Crippen LogP contribution is 2.26. The van der Waals surface area contributed by atoms with E-state index in [9.17, 15) is 10.2 Å². The topological polar surface area (TPSA) is 65.4 Å². The summed E-state index contributed by atoms with van der Waals surface area (Å²) in [4.78, 5) is 3.91. The molecule has 1 aromatic rings. The predicted octanol–water partition coefficient (Wildman–Crippen LogP) is 1.39. The monoisotopic (exact) mass is 264 g/mol. The lowest BCUT2D eigenvalue weighted by Crippen LogP contribution is -2.24. The Kier molecular flexibility index (Phi) is 5.44. The van der Waals surface area contributed by atoms with Crippen molar-refractivity contribution in [1.82, 2.24) is 10.3 Å². The molecule has 2 atom stereocenters. The standard InChI is InChI=1S/C10H14Cl2N2O2/c1-13-3-2-8(15)10(16)9-7(12)4-6(11)5-14-9/h4-5,8,10,13,15-16H,2-3H2,1H3. The van der Waals surface area contributed by atoms with Crippen molar-refractivity contribution in [2.45, 2.75) is 18.6 Å². The number of nitrogens with one attached hydrogen (secondary N) is 1. The van der Waals surface area contributed by atoms with Gasteiger partial charge in [0.25, 0.3) is 0 Å². The van der Waals surface area contributed by atoms with Crippen LogP contribution >= 0.6 is 23.2 Å². The Morgan fingerprint density at radius 2 is 2.12 bits per heavy atom. The minimum atomic E-state index is -1.10. The van der Waals surface area contributed by atoms with Gasteiger partial charge in [0.05, 0.1) is 21.8 Å². The number of nitrogens with zero attached hydrogens (tertiary/aromatic N) is 1. The third-order valence-electron chi connectivity index (χ3n) is 2.17. The van der Waals surface area contributed by atoms with Gasteiger partial charge in [-0.3, -0.25) is 4.98 Å². The van der Waals surface area contributed by atoms with Crippen molar-refractivity contribution in [3.63, 3.8) is 0 Å². The summed E-state index contributed by atoms with van der Waals surface area (Å²) in [6, 6.07) is 1.49. The van der Waals surface area contributed by atoms with Crippen LogP contribution in [0, 0.1) is 0 Å². The molecule has 0 amide bonds. The van der Waals surface area contributed by atoms with Crippen molar-refractivity contribution < 1.29 is 10.2 Å². The Morgan fingerprint density at radius 3 is 2.69 bits per heavy atom. The molecule has 0 aromatic carbocycles. The van der Waals surface area contributed by atoms with Crippen LogP contribution in [0.15, 0.2) is 12.3 Å². The van der Waals surface area contributed by atoms with Crippen LogP contribution in [0.5, 0.6) is 0 Å². The molecule has 0 spiro atoms. The molecule has 0 fully saturated rings. The van der Waals surface area contributed by atoms with E-state index in [4.69, 9.17) is 23.2 Å². The molecule has 0 aliphatic heterocycles. The molecule has 4 nitrogen and oxygen atoms in total. The molecule has 0 aliphatic rings. The first-order valence-electron chi connectivity index (χ1n) is 4.88. The summed E-state index contributed by atoms with van der Waals surface area (Å²) in [5, 5.41) is 23.0. The molecule has 1 rings (SSSR count). The molecular weight excluding hydrogens is 251 g/mol. The number of hydrogen-bond acceptors (Lipinski definition) is 4. The molecule has 90 valence electrons. The zero-order valence-corrected chi connectivity index (χ0v) is 10.3. The number of rotatable bonds is 5. The largest absolute Gasteiger partial charge is 0.390 e. The zero-order valence-electron chi connectivity index (χ0n) is 8.82. The van der Waals surface area contributed by atoms with E-state index >= 15 is 0 Å². The molecule has 0 saturated carbocycles. The lowest BCUT2D eigenvalue weighted by Gasteiger charge is -2.18. The van der Waals surface area contributed by atoms with Gasteiger partial charge in [-0.2, -0.15) is 0 Å². The van der Waals surface area contributed by atoms with Gasteiger partial charge >= 0.3 is 0 Å². The number of aromatic nitrogens is 1. The maximum Gasteiger partial charge on any atom is 0.123 e. The molecule has 3 N–H and O–H groups in total. The van der Waals surface area contributed by atoms with Crippen LogP contribution in [0.3, 0.4) is 0 Å². The first-order valence-corrected chi connectivity index (χ1v) is 5.63. The second-order valence-electron chi connectivity index (χ2n) is 3.43. The van der Waals surface area contributed by atoms with E-state index in [1.807, 2.05) is 0 Å². The van der Waals surface area contributed by atoms with Gasteiger partial charge in [0.1, 0.15) is 6.10 Å². The summed E-state index contributed by atoms with van der Waals surface area (Å²) in [6.45, 7) is 0.601. The highest BCUT2D eigenvalue weighted by Gasteiger charge is 2.21. The van der Waals surface area contributed by atoms with Crippen LogP contribution in [-0.4, -0.2) is 34.9 Å². The minimum Gasteiger partial charge on any atom is -0.390 e. The molecule has 6 heteroatoms.